The van der Waals surface area contributed by atoms with E-state index in [1.165, 1.54) is 0 Å². The summed E-state index contributed by atoms with van der Waals surface area (Å²) in [5.74, 6) is -0.528. The first-order valence-electron chi connectivity index (χ1n) is 9.91. The molecule has 146 valence electrons. The van der Waals surface area contributed by atoms with Crippen LogP contribution in [0.25, 0.3) is 27.8 Å². The molecule has 14 radical (unpaired) electrons. The van der Waals surface area contributed by atoms with E-state index in [9.17, 15) is 4.79 Å². The lowest BCUT2D eigenvalue weighted by Gasteiger charge is -2.23. The predicted octanol–water partition coefficient (Wildman–Crippen LogP) is -3.36. The Morgan fingerprint density at radius 1 is 0.941 bits per heavy atom. The van der Waals surface area contributed by atoms with Crippen molar-refractivity contribution >= 4 is 110 Å². The molecule has 34 heavy (non-hydrogen) atoms. The third kappa shape index (κ3) is 4.15. The molecule has 4 aromatic rings. The van der Waals surface area contributed by atoms with Crippen LogP contribution in [0.1, 0.15) is 5.56 Å². The van der Waals surface area contributed by atoms with E-state index in [1.54, 1.807) is 24.8 Å². The van der Waals surface area contributed by atoms with Crippen LogP contribution in [0.5, 0.6) is 0 Å². The first-order valence-corrected chi connectivity index (χ1v) is 9.91. The Morgan fingerprint density at radius 2 is 1.59 bits per heavy atom. The highest BCUT2D eigenvalue weighted by molar-refractivity contribution is 6.70. The van der Waals surface area contributed by atoms with Crippen molar-refractivity contribution in [1.29, 1.82) is 0 Å². The Labute approximate surface area is 206 Å². The van der Waals surface area contributed by atoms with Crippen LogP contribution in [-0.4, -0.2) is 80.4 Å². The summed E-state index contributed by atoms with van der Waals surface area (Å²) in [5.41, 5.74) is 1.55. The number of hydrogen-bond acceptors (Lipinski definition) is 4. The van der Waals surface area contributed by atoms with E-state index < -0.39 is 5.91 Å². The zero-order valence-corrected chi connectivity index (χ0v) is 18.2. The predicted molar refractivity (Wildman–Crippen MR) is 142 cm³/mol. The topological polar surface area (TPSA) is 72.7 Å². The molecule has 1 N–H and O–H groups in total. The van der Waals surface area contributed by atoms with Gasteiger partial charge in [-0.1, -0.05) is 16.4 Å². The van der Waals surface area contributed by atoms with Crippen molar-refractivity contribution in [2.45, 2.75) is 0 Å². The Hall–Kier alpha value is -3.35. The summed E-state index contributed by atoms with van der Waals surface area (Å²) in [6.07, 6.45) is 4.97. The summed E-state index contributed by atoms with van der Waals surface area (Å²) < 4.78 is 1.85. The van der Waals surface area contributed by atoms with Crippen molar-refractivity contribution in [2.24, 2.45) is 7.05 Å². The number of pyridine rings is 2. The molecule has 0 bridgehead atoms. The van der Waals surface area contributed by atoms with Crippen molar-refractivity contribution < 1.29 is 4.79 Å². The number of carbonyl (C=O) groups is 1. The van der Waals surface area contributed by atoms with Gasteiger partial charge in [-0.2, -0.15) is 0 Å². The summed E-state index contributed by atoms with van der Waals surface area (Å²) in [7, 11) is 43.5. The number of nitrogens with one attached hydrogen (secondary N) is 1. The van der Waals surface area contributed by atoms with E-state index >= 15 is 0 Å². The first-order chi connectivity index (χ1) is 16.1. The minimum Gasteiger partial charge on any atom is -0.332 e. The molecule has 4 rings (SSSR count). The Bertz CT molecular complexity index is 1470. The minimum atomic E-state index is -0.736. The molecule has 0 aliphatic heterocycles. The van der Waals surface area contributed by atoms with Gasteiger partial charge in [-0.15, -0.1) is 16.4 Å². The van der Waals surface area contributed by atoms with Crippen LogP contribution in [0.15, 0.2) is 42.4 Å². The number of rotatable bonds is 4. The van der Waals surface area contributed by atoms with Crippen LogP contribution >= 0.6 is 0 Å². The molecule has 0 atom stereocenters. The SMILES string of the molecule is [B]/C(C(=O)Nc1cc2nc(-c3cncn3C)ccc2cn1)=C(/[B])c1c([B])c([B])c([B])c([B])c1[B]. The van der Waals surface area contributed by atoms with Crippen molar-refractivity contribution in [3.05, 3.63) is 48.0 Å². The average Bonchev–Trinajstić information content (AvgIpc) is 3.26. The molecule has 0 unspecified atom stereocenters. The molecule has 1 aromatic carbocycles. The fourth-order valence-electron chi connectivity index (χ4n) is 3.41. The van der Waals surface area contributed by atoms with E-state index in [1.807, 2.05) is 23.7 Å². The van der Waals surface area contributed by atoms with Gasteiger partial charge < -0.3 is 9.88 Å². The molecule has 13 heteroatoms. The standard InChI is InChI=1S/C21H10B7N5O/c1-33-7-29-6-11(33)9-3-2-8-5-30-12(4-10(8)31-9)32-21(34)20(28)16(24)13-14(22)17(25)19(27)18(26)15(13)23/h2-7H,1H3,(H,30,32,34)/b20-16+. The molecular weight excluding hydrogens is 414 g/mol. The fourth-order valence-corrected chi connectivity index (χ4v) is 3.41. The number of amides is 1. The molecule has 0 aliphatic rings. The lowest BCUT2D eigenvalue weighted by molar-refractivity contribution is -0.112. The van der Waals surface area contributed by atoms with Crippen LogP contribution in [0.3, 0.4) is 0 Å². The van der Waals surface area contributed by atoms with Gasteiger partial charge in [0.1, 0.15) is 60.7 Å². The van der Waals surface area contributed by atoms with E-state index in [-0.39, 0.29) is 49.6 Å². The Kier molecular flexibility index (Phi) is 6.39. The molecule has 0 saturated heterocycles. The third-order valence-electron chi connectivity index (χ3n) is 5.40. The Morgan fingerprint density at radius 3 is 2.21 bits per heavy atom. The second-order valence-electron chi connectivity index (χ2n) is 7.57. The van der Waals surface area contributed by atoms with Gasteiger partial charge in [0.05, 0.1) is 29.4 Å². The van der Waals surface area contributed by atoms with Crippen LogP contribution in [-0.2, 0) is 11.8 Å². The lowest BCUT2D eigenvalue weighted by atomic mass is 9.57. The molecule has 0 fully saturated rings. The zero-order chi connectivity index (χ0) is 24.7. The van der Waals surface area contributed by atoms with E-state index in [4.69, 9.17) is 54.9 Å². The number of imidazole rings is 1. The number of aromatic nitrogens is 4. The summed E-state index contributed by atoms with van der Waals surface area (Å²) in [6, 6.07) is 5.34. The van der Waals surface area contributed by atoms with E-state index in [0.717, 1.165) is 11.1 Å². The number of aryl methyl sites for hydroxylation is 1. The van der Waals surface area contributed by atoms with Gasteiger partial charge in [-0.25, -0.2) is 15.0 Å². The molecular formula is C21H10B7N5O. The van der Waals surface area contributed by atoms with Gasteiger partial charge in [0.15, 0.2) is 0 Å². The lowest BCUT2D eigenvalue weighted by Crippen LogP contribution is -2.56. The highest BCUT2D eigenvalue weighted by Gasteiger charge is 2.16. The van der Waals surface area contributed by atoms with Crippen LogP contribution < -0.4 is 32.6 Å². The maximum Gasteiger partial charge on any atom is 0.241 e. The molecule has 0 saturated carbocycles. The zero-order valence-electron chi connectivity index (χ0n) is 18.2. The second-order valence-corrected chi connectivity index (χ2v) is 7.57. The second kappa shape index (κ2) is 9.13. The number of fused-ring (bicyclic) bond motifs is 1. The highest BCUT2D eigenvalue weighted by atomic mass is 16.1. The summed E-state index contributed by atoms with van der Waals surface area (Å²) >= 11 is 0. The van der Waals surface area contributed by atoms with Gasteiger partial charge >= 0.3 is 0 Å². The minimum absolute atomic E-state index is 0.00986. The van der Waals surface area contributed by atoms with Crippen molar-refractivity contribution in [3.8, 4) is 11.4 Å². The van der Waals surface area contributed by atoms with Gasteiger partial charge in [-0.3, -0.25) is 4.79 Å². The van der Waals surface area contributed by atoms with Gasteiger partial charge in [-0.05, 0) is 23.2 Å². The average molecular weight is 424 g/mol. The number of carbonyl (C=O) groups excluding carboxylic acids is 1. The molecule has 6 nitrogen and oxygen atoms in total. The van der Waals surface area contributed by atoms with Crippen molar-refractivity contribution in [2.75, 3.05) is 5.32 Å². The van der Waals surface area contributed by atoms with Crippen LogP contribution in [0, 0.1) is 0 Å². The van der Waals surface area contributed by atoms with Crippen LogP contribution in [0.4, 0.5) is 5.82 Å². The Balaban J connectivity index is 1.68. The maximum atomic E-state index is 12.8. The van der Waals surface area contributed by atoms with Gasteiger partial charge in [0, 0.05) is 24.7 Å². The number of nitrogens with zero attached hydrogens (tertiary/aromatic N) is 4. The van der Waals surface area contributed by atoms with Crippen LogP contribution in [0.2, 0.25) is 0 Å². The quantitative estimate of drug-likeness (QED) is 0.275. The summed E-state index contributed by atoms with van der Waals surface area (Å²) in [5, 5.41) is 3.37. The molecule has 0 spiro atoms. The van der Waals surface area contributed by atoms with Crippen molar-refractivity contribution in [1.82, 2.24) is 19.5 Å². The monoisotopic (exact) mass is 425 g/mol. The van der Waals surface area contributed by atoms with Gasteiger partial charge in [0.2, 0.25) is 5.91 Å². The third-order valence-corrected chi connectivity index (χ3v) is 5.40. The molecule has 1 amide bonds. The molecule has 3 heterocycles. The van der Waals surface area contributed by atoms with E-state index in [2.05, 4.69) is 20.3 Å². The maximum absolute atomic E-state index is 12.8. The largest absolute Gasteiger partial charge is 0.332 e. The number of benzene rings is 1. The number of anilines is 1. The highest BCUT2D eigenvalue weighted by Crippen LogP contribution is 2.22. The van der Waals surface area contributed by atoms with E-state index in [0.29, 0.717) is 11.2 Å². The summed E-state index contributed by atoms with van der Waals surface area (Å²) in [4.78, 5) is 25.8. The van der Waals surface area contributed by atoms with Gasteiger partial charge in [0.25, 0.3) is 0 Å². The fraction of sp³-hybridized carbons (Fsp3) is 0.0476. The van der Waals surface area contributed by atoms with Crippen molar-refractivity contribution in [3.63, 3.8) is 0 Å². The molecule has 3 aromatic heterocycles. The summed E-state index contributed by atoms with van der Waals surface area (Å²) in [6.45, 7) is 0. The molecule has 0 aliphatic carbocycles. The first kappa shape index (κ1) is 23.8. The smallest absolute Gasteiger partial charge is 0.241 e. The normalized spacial score (nSPS) is 11.9. The number of hydrogen-bond donors (Lipinski definition) is 1.